The van der Waals surface area contributed by atoms with E-state index in [-0.39, 0.29) is 46.9 Å². The van der Waals surface area contributed by atoms with Crippen molar-refractivity contribution >= 4 is 33.2 Å². The van der Waals surface area contributed by atoms with Crippen molar-refractivity contribution < 1.29 is 32.8 Å². The fourth-order valence-corrected chi connectivity index (χ4v) is 5.76. The minimum atomic E-state index is -3.74. The number of aliphatic hydroxyl groups is 1. The molecule has 1 atom stereocenters. The van der Waals surface area contributed by atoms with Gasteiger partial charge in [0.25, 0.3) is 17.4 Å². The second-order valence-corrected chi connectivity index (χ2v) is 10.2. The fraction of sp³-hybridized carbons (Fsp3) is 0.360. The Morgan fingerprint density at radius 3 is 2.35 bits per heavy atom. The molecule has 37 heavy (non-hydrogen) atoms. The smallest absolute Gasteiger partial charge is 0.295 e. The highest BCUT2D eigenvalue weighted by atomic mass is 32.2. The number of ether oxygens (including phenoxy) is 1. The number of benzene rings is 2. The molecular weight excluding hydrogens is 502 g/mol. The number of amides is 1. The number of nitro benzene ring substituents is 1. The molecular formula is C25H29N3O8S. The minimum Gasteiger partial charge on any atom is -0.507 e. The molecule has 3 rings (SSSR count). The molecule has 12 heteroatoms. The number of sulfonamides is 1. The summed E-state index contributed by atoms with van der Waals surface area (Å²) in [6.07, 6.45) is 0.396. The first-order valence-corrected chi connectivity index (χ1v) is 13.1. The molecule has 198 valence electrons. The van der Waals surface area contributed by atoms with Crippen molar-refractivity contribution in [3.8, 4) is 0 Å². The van der Waals surface area contributed by atoms with Crippen LogP contribution < -0.4 is 0 Å². The summed E-state index contributed by atoms with van der Waals surface area (Å²) in [4.78, 5) is 38.1. The maximum atomic E-state index is 13.1. The van der Waals surface area contributed by atoms with Crippen molar-refractivity contribution in [2.75, 3.05) is 33.4 Å². The second kappa shape index (κ2) is 11.6. The van der Waals surface area contributed by atoms with Gasteiger partial charge in [-0.1, -0.05) is 26.0 Å². The monoisotopic (exact) mass is 531 g/mol. The zero-order valence-corrected chi connectivity index (χ0v) is 21.6. The van der Waals surface area contributed by atoms with E-state index in [1.54, 1.807) is 19.9 Å². The molecule has 0 bridgehead atoms. The topological polar surface area (TPSA) is 147 Å². The Morgan fingerprint density at radius 1 is 1.14 bits per heavy atom. The lowest BCUT2D eigenvalue weighted by atomic mass is 9.95. The number of nitrogens with zero attached hydrogens (tertiary/aromatic N) is 3. The molecule has 2 aromatic rings. The zero-order valence-electron chi connectivity index (χ0n) is 20.8. The third-order valence-electron chi connectivity index (χ3n) is 6.16. The van der Waals surface area contributed by atoms with Gasteiger partial charge in [-0.2, -0.15) is 4.31 Å². The first-order valence-electron chi connectivity index (χ1n) is 11.7. The maximum Gasteiger partial charge on any atom is 0.295 e. The van der Waals surface area contributed by atoms with Crippen molar-refractivity contribution in [3.05, 3.63) is 75.3 Å². The summed E-state index contributed by atoms with van der Waals surface area (Å²) in [6, 6.07) is 9.80. The van der Waals surface area contributed by atoms with Gasteiger partial charge in [-0.15, -0.1) is 0 Å². The molecule has 0 aliphatic carbocycles. The average Bonchev–Trinajstić information content (AvgIpc) is 3.14. The predicted octanol–water partition coefficient (Wildman–Crippen LogP) is 3.08. The van der Waals surface area contributed by atoms with Gasteiger partial charge in [0.15, 0.2) is 0 Å². The third kappa shape index (κ3) is 5.55. The Labute approximate surface area is 215 Å². The van der Waals surface area contributed by atoms with E-state index in [9.17, 15) is 33.2 Å². The van der Waals surface area contributed by atoms with E-state index >= 15 is 0 Å². The molecule has 2 aromatic carbocycles. The summed E-state index contributed by atoms with van der Waals surface area (Å²) in [6.45, 7) is 4.45. The van der Waals surface area contributed by atoms with E-state index in [2.05, 4.69) is 0 Å². The molecule has 1 saturated heterocycles. The van der Waals surface area contributed by atoms with Gasteiger partial charge in [0.1, 0.15) is 5.76 Å². The molecule has 1 N–H and O–H groups in total. The van der Waals surface area contributed by atoms with Gasteiger partial charge in [0.2, 0.25) is 10.0 Å². The molecule has 1 fully saturated rings. The molecule has 0 radical (unpaired) electrons. The van der Waals surface area contributed by atoms with E-state index in [4.69, 9.17) is 4.74 Å². The second-order valence-electron chi connectivity index (χ2n) is 8.30. The minimum absolute atomic E-state index is 0.0167. The molecule has 0 aromatic heterocycles. The average molecular weight is 532 g/mol. The fourth-order valence-electron chi connectivity index (χ4n) is 4.30. The molecule has 0 spiro atoms. The van der Waals surface area contributed by atoms with Gasteiger partial charge in [0, 0.05) is 51.0 Å². The summed E-state index contributed by atoms with van der Waals surface area (Å²) >= 11 is 0. The van der Waals surface area contributed by atoms with Crippen molar-refractivity contribution in [1.82, 2.24) is 9.21 Å². The molecule has 1 aliphatic rings. The van der Waals surface area contributed by atoms with Crippen molar-refractivity contribution in [3.63, 3.8) is 0 Å². The van der Waals surface area contributed by atoms with E-state index < -0.39 is 38.4 Å². The number of ketones is 1. The predicted molar refractivity (Wildman–Crippen MR) is 135 cm³/mol. The molecule has 11 nitrogen and oxygen atoms in total. The van der Waals surface area contributed by atoms with Crippen LogP contribution in [-0.2, 0) is 24.3 Å². The third-order valence-corrected chi connectivity index (χ3v) is 8.22. The van der Waals surface area contributed by atoms with Crippen LogP contribution in [0.2, 0.25) is 0 Å². The van der Waals surface area contributed by atoms with Gasteiger partial charge in [-0.05, 0) is 36.2 Å². The number of hydrogen-bond acceptors (Lipinski definition) is 8. The molecule has 1 aliphatic heterocycles. The van der Waals surface area contributed by atoms with Gasteiger partial charge >= 0.3 is 0 Å². The highest BCUT2D eigenvalue weighted by Crippen LogP contribution is 2.40. The number of aliphatic hydroxyl groups excluding tert-OH is 1. The van der Waals surface area contributed by atoms with E-state index in [0.717, 1.165) is 0 Å². The number of methoxy groups -OCH3 is 1. The van der Waals surface area contributed by atoms with Crippen LogP contribution in [-0.4, -0.2) is 72.7 Å². The zero-order chi connectivity index (χ0) is 27.3. The Kier molecular flexibility index (Phi) is 8.79. The van der Waals surface area contributed by atoms with Crippen LogP contribution in [0.1, 0.15) is 37.4 Å². The van der Waals surface area contributed by atoms with Crippen LogP contribution in [0, 0.1) is 10.1 Å². The Bertz CT molecular complexity index is 1320. The quantitative estimate of drug-likeness (QED) is 0.116. The number of hydrogen-bond donors (Lipinski definition) is 1. The number of likely N-dealkylation sites (tertiary alicyclic amines) is 1. The summed E-state index contributed by atoms with van der Waals surface area (Å²) in [5.74, 6) is -2.29. The van der Waals surface area contributed by atoms with Crippen LogP contribution in [0.15, 0.2) is 59.0 Å². The Hall–Kier alpha value is -3.61. The molecule has 0 saturated carbocycles. The van der Waals surface area contributed by atoms with Gasteiger partial charge in [-0.25, -0.2) is 8.42 Å². The standard InChI is InChI=1S/C25H29N3O8S/c1-4-26(5-2)37(34,35)20-12-10-17(11-13-20)23(29)21-22(18-8-6-9-19(16-18)28(32)33)27(14-7-15-36-3)25(31)24(21)30/h6,8-13,16,22,29H,4-5,7,14-15H2,1-3H3/b23-21+. The molecule has 1 unspecified atom stereocenters. The number of carbonyl (C=O) groups is 2. The van der Waals surface area contributed by atoms with Crippen molar-refractivity contribution in [2.24, 2.45) is 0 Å². The summed E-state index contributed by atoms with van der Waals surface area (Å²) < 4.78 is 31.9. The number of non-ortho nitro benzene ring substituents is 1. The van der Waals surface area contributed by atoms with E-state index in [1.807, 2.05) is 0 Å². The first-order chi connectivity index (χ1) is 17.6. The highest BCUT2D eigenvalue weighted by Gasteiger charge is 2.46. The molecule has 1 heterocycles. The SMILES string of the molecule is CCN(CC)S(=O)(=O)c1ccc(/C(O)=C2\C(=O)C(=O)N(CCCOC)C2c2cccc([N+](=O)[O-])c2)cc1. The van der Waals surface area contributed by atoms with E-state index in [0.29, 0.717) is 13.0 Å². The largest absolute Gasteiger partial charge is 0.507 e. The maximum absolute atomic E-state index is 13.1. The summed E-state index contributed by atoms with van der Waals surface area (Å²) in [5, 5.41) is 22.5. The lowest BCUT2D eigenvalue weighted by molar-refractivity contribution is -0.384. The van der Waals surface area contributed by atoms with Crippen LogP contribution in [0.5, 0.6) is 0 Å². The highest BCUT2D eigenvalue weighted by molar-refractivity contribution is 7.89. The van der Waals surface area contributed by atoms with Gasteiger partial charge in [0.05, 0.1) is 21.4 Å². The van der Waals surface area contributed by atoms with Crippen LogP contribution in [0.3, 0.4) is 0 Å². The number of Topliss-reactive ketones (excluding diaryl/α,β-unsaturated/α-hetero) is 1. The number of rotatable bonds is 11. The van der Waals surface area contributed by atoms with Gasteiger partial charge in [-0.3, -0.25) is 19.7 Å². The lowest BCUT2D eigenvalue weighted by Gasteiger charge is -2.25. The van der Waals surface area contributed by atoms with Crippen LogP contribution >= 0.6 is 0 Å². The summed E-state index contributed by atoms with van der Waals surface area (Å²) in [7, 11) is -2.24. The molecule has 1 amide bonds. The number of nitro groups is 1. The Morgan fingerprint density at radius 2 is 1.78 bits per heavy atom. The Balaban J connectivity index is 2.12. The van der Waals surface area contributed by atoms with Crippen LogP contribution in [0.25, 0.3) is 5.76 Å². The van der Waals surface area contributed by atoms with Crippen molar-refractivity contribution in [1.29, 1.82) is 0 Å². The van der Waals surface area contributed by atoms with Gasteiger partial charge < -0.3 is 14.7 Å². The normalized spacial score (nSPS) is 17.5. The lowest BCUT2D eigenvalue weighted by Crippen LogP contribution is -2.31. The number of carbonyl (C=O) groups excluding carboxylic acids is 2. The summed E-state index contributed by atoms with van der Waals surface area (Å²) in [5.41, 5.74) is -0.0508. The van der Waals surface area contributed by atoms with E-state index in [1.165, 1.54) is 58.8 Å². The van der Waals surface area contributed by atoms with Crippen LogP contribution in [0.4, 0.5) is 5.69 Å². The van der Waals surface area contributed by atoms with Crippen molar-refractivity contribution in [2.45, 2.75) is 31.2 Å². The first kappa shape index (κ1) is 28.0.